The van der Waals surface area contributed by atoms with Gasteiger partial charge in [0.15, 0.2) is 0 Å². The van der Waals surface area contributed by atoms with Gasteiger partial charge < -0.3 is 15.8 Å². The molecule has 1 aliphatic carbocycles. The topological polar surface area (TPSA) is 97.8 Å². The first-order chi connectivity index (χ1) is 5.63. The Morgan fingerprint density at radius 2 is 2.42 bits per heavy atom. The predicted molar refractivity (Wildman–Crippen MR) is 40.3 cm³/mol. The molecule has 1 aromatic heterocycles. The lowest BCUT2D eigenvalue weighted by molar-refractivity contribution is -0.390. The van der Waals surface area contributed by atoms with Crippen molar-refractivity contribution in [2.24, 2.45) is 5.73 Å². The van der Waals surface area contributed by atoms with Gasteiger partial charge in [0.25, 0.3) is 0 Å². The highest BCUT2D eigenvalue weighted by molar-refractivity contribution is 5.39. The summed E-state index contributed by atoms with van der Waals surface area (Å²) in [6.45, 7) is 0. The van der Waals surface area contributed by atoms with E-state index in [0.29, 0.717) is 5.56 Å². The number of nitrogens with two attached hydrogens (primary N) is 1. The third-order valence-electron chi connectivity index (χ3n) is 2.13. The second-order valence-corrected chi connectivity index (χ2v) is 3.05. The van der Waals surface area contributed by atoms with Crippen molar-refractivity contribution in [3.63, 3.8) is 0 Å². The molecule has 0 radical (unpaired) electrons. The number of rotatable bonds is 2. The van der Waals surface area contributed by atoms with Crippen LogP contribution in [-0.2, 0) is 5.54 Å². The lowest BCUT2D eigenvalue weighted by Gasteiger charge is -2.03. The molecule has 6 heteroatoms. The van der Waals surface area contributed by atoms with Crippen molar-refractivity contribution in [3.8, 4) is 0 Å². The molecule has 0 amide bonds. The molecule has 0 aromatic carbocycles. The maximum Gasteiger partial charge on any atom is 0.347 e. The zero-order chi connectivity index (χ0) is 8.77. The normalized spacial score (nSPS) is 19.1. The minimum Gasteiger partial charge on any atom is -0.358 e. The summed E-state index contributed by atoms with van der Waals surface area (Å²) in [4.78, 5) is 9.95. The Kier molecular flexibility index (Phi) is 1.23. The first kappa shape index (κ1) is 7.23. The quantitative estimate of drug-likeness (QED) is 0.489. The van der Waals surface area contributed by atoms with Gasteiger partial charge in [-0.25, -0.2) is 0 Å². The third kappa shape index (κ3) is 0.884. The highest BCUT2D eigenvalue weighted by Crippen LogP contribution is 2.45. The summed E-state index contributed by atoms with van der Waals surface area (Å²) in [5.74, 6) is -0.0741. The van der Waals surface area contributed by atoms with Crippen LogP contribution in [0.25, 0.3) is 0 Å². The van der Waals surface area contributed by atoms with Gasteiger partial charge in [-0.1, -0.05) is 5.10 Å². The van der Waals surface area contributed by atoms with Crippen molar-refractivity contribution in [2.75, 3.05) is 0 Å². The molecule has 3 N–H and O–H groups in total. The molecule has 0 aliphatic heterocycles. The van der Waals surface area contributed by atoms with Crippen molar-refractivity contribution in [3.05, 3.63) is 21.9 Å². The van der Waals surface area contributed by atoms with Crippen LogP contribution in [-0.4, -0.2) is 15.1 Å². The van der Waals surface area contributed by atoms with Crippen LogP contribution in [0.15, 0.2) is 6.20 Å². The van der Waals surface area contributed by atoms with Crippen LogP contribution >= 0.6 is 0 Å². The first-order valence-corrected chi connectivity index (χ1v) is 3.61. The van der Waals surface area contributed by atoms with Gasteiger partial charge in [-0.2, -0.15) is 0 Å². The van der Waals surface area contributed by atoms with Crippen molar-refractivity contribution in [2.45, 2.75) is 18.4 Å². The van der Waals surface area contributed by atoms with Crippen molar-refractivity contribution < 1.29 is 4.92 Å². The zero-order valence-electron chi connectivity index (χ0n) is 6.28. The Labute approximate surface area is 67.9 Å². The van der Waals surface area contributed by atoms with E-state index in [2.05, 4.69) is 10.2 Å². The number of hydrogen-bond donors (Lipinski definition) is 2. The number of nitrogens with one attached hydrogen (secondary N) is 1. The van der Waals surface area contributed by atoms with Crippen LogP contribution in [0.3, 0.4) is 0 Å². The van der Waals surface area contributed by atoms with E-state index in [9.17, 15) is 10.1 Å². The van der Waals surface area contributed by atoms with Gasteiger partial charge in [0.1, 0.15) is 0 Å². The molecule has 64 valence electrons. The fourth-order valence-electron chi connectivity index (χ4n) is 1.19. The summed E-state index contributed by atoms with van der Waals surface area (Å²) in [6, 6.07) is 0. The minimum absolute atomic E-state index is 0.0741. The summed E-state index contributed by atoms with van der Waals surface area (Å²) < 4.78 is 0. The van der Waals surface area contributed by atoms with Crippen LogP contribution in [0, 0.1) is 10.1 Å². The molecule has 12 heavy (non-hydrogen) atoms. The third-order valence-corrected chi connectivity index (χ3v) is 2.13. The molecular formula is C6H8N4O2. The highest BCUT2D eigenvalue weighted by atomic mass is 16.6. The van der Waals surface area contributed by atoms with E-state index >= 15 is 0 Å². The maximum atomic E-state index is 10.4. The largest absolute Gasteiger partial charge is 0.358 e. The number of H-pyrrole nitrogens is 1. The Balaban J connectivity index is 2.43. The molecule has 2 rings (SSSR count). The van der Waals surface area contributed by atoms with E-state index in [1.807, 2.05) is 0 Å². The fraction of sp³-hybridized carbons (Fsp3) is 0.500. The fourth-order valence-corrected chi connectivity index (χ4v) is 1.19. The Morgan fingerprint density at radius 3 is 2.92 bits per heavy atom. The Morgan fingerprint density at radius 1 is 1.75 bits per heavy atom. The molecule has 0 atom stereocenters. The van der Waals surface area contributed by atoms with Gasteiger partial charge in [-0.15, -0.1) is 5.10 Å². The first-order valence-electron chi connectivity index (χ1n) is 3.61. The van der Waals surface area contributed by atoms with E-state index < -0.39 is 10.5 Å². The lowest BCUT2D eigenvalue weighted by atomic mass is 10.1. The van der Waals surface area contributed by atoms with Crippen molar-refractivity contribution in [1.29, 1.82) is 0 Å². The molecule has 1 heterocycles. The molecule has 0 saturated heterocycles. The molecule has 1 saturated carbocycles. The SMILES string of the molecule is NC1(c2cn[nH]c2[N+](=O)[O-])CC1. The van der Waals surface area contributed by atoms with Crippen LogP contribution in [0.2, 0.25) is 0 Å². The van der Waals surface area contributed by atoms with Crippen molar-refractivity contribution >= 4 is 5.82 Å². The zero-order valence-corrected chi connectivity index (χ0v) is 6.28. The van der Waals surface area contributed by atoms with Crippen LogP contribution in [0.1, 0.15) is 18.4 Å². The van der Waals surface area contributed by atoms with Crippen molar-refractivity contribution in [1.82, 2.24) is 10.2 Å². The van der Waals surface area contributed by atoms with Gasteiger partial charge in [-0.05, 0) is 17.8 Å². The second kappa shape index (κ2) is 2.04. The van der Waals surface area contributed by atoms with Gasteiger partial charge in [0.05, 0.1) is 17.3 Å². The monoisotopic (exact) mass is 168 g/mol. The van der Waals surface area contributed by atoms with E-state index in [1.165, 1.54) is 6.20 Å². The number of nitro groups is 1. The number of hydrogen-bond acceptors (Lipinski definition) is 4. The van der Waals surface area contributed by atoms with Crippen LogP contribution < -0.4 is 5.73 Å². The number of aromatic nitrogens is 2. The number of aromatic amines is 1. The molecule has 0 bridgehead atoms. The standard InChI is InChI=1S/C6H8N4O2/c7-6(1-2-6)4-3-8-9-5(4)10(11)12/h3H,1-2,7H2,(H,8,9). The maximum absolute atomic E-state index is 10.4. The Hall–Kier alpha value is -1.43. The average Bonchev–Trinajstić information content (AvgIpc) is 2.61. The predicted octanol–water partition coefficient (Wildman–Crippen LogP) is 0.266. The molecule has 1 aliphatic rings. The summed E-state index contributed by atoms with van der Waals surface area (Å²) >= 11 is 0. The van der Waals surface area contributed by atoms with E-state index in [0.717, 1.165) is 12.8 Å². The average molecular weight is 168 g/mol. The summed E-state index contributed by atoms with van der Waals surface area (Å²) in [5.41, 5.74) is 5.82. The Bertz CT molecular complexity index is 328. The lowest BCUT2D eigenvalue weighted by Crippen LogP contribution is -2.19. The molecule has 1 fully saturated rings. The highest BCUT2D eigenvalue weighted by Gasteiger charge is 2.45. The molecule has 0 unspecified atom stereocenters. The molecule has 0 spiro atoms. The van der Waals surface area contributed by atoms with E-state index in [1.54, 1.807) is 0 Å². The summed E-state index contributed by atoms with van der Waals surface area (Å²) in [6.07, 6.45) is 3.03. The molecular weight excluding hydrogens is 160 g/mol. The molecule has 1 aromatic rings. The van der Waals surface area contributed by atoms with E-state index in [-0.39, 0.29) is 5.82 Å². The minimum atomic E-state index is -0.491. The van der Waals surface area contributed by atoms with Gasteiger partial charge in [0.2, 0.25) is 0 Å². The smallest absolute Gasteiger partial charge is 0.347 e. The summed E-state index contributed by atoms with van der Waals surface area (Å²) in [5, 5.41) is 16.4. The summed E-state index contributed by atoms with van der Waals surface area (Å²) in [7, 11) is 0. The molecule has 6 nitrogen and oxygen atoms in total. The van der Waals surface area contributed by atoms with Crippen LogP contribution in [0.4, 0.5) is 5.82 Å². The second-order valence-electron chi connectivity index (χ2n) is 3.05. The van der Waals surface area contributed by atoms with E-state index in [4.69, 9.17) is 5.73 Å². The van der Waals surface area contributed by atoms with Gasteiger partial charge >= 0.3 is 5.82 Å². The van der Waals surface area contributed by atoms with Crippen LogP contribution in [0.5, 0.6) is 0 Å². The van der Waals surface area contributed by atoms with Gasteiger partial charge in [0, 0.05) is 0 Å². The number of nitrogens with zero attached hydrogens (tertiary/aromatic N) is 2. The van der Waals surface area contributed by atoms with Gasteiger partial charge in [-0.3, -0.25) is 0 Å².